The van der Waals surface area contributed by atoms with Crippen LogP contribution in [-0.4, -0.2) is 71.0 Å². The summed E-state index contributed by atoms with van der Waals surface area (Å²) in [4.78, 5) is 29.6. The number of Topliss-reactive ketones (excluding diaryl/α,β-unsaturated/α-hetero) is 1. The van der Waals surface area contributed by atoms with E-state index >= 15 is 0 Å². The van der Waals surface area contributed by atoms with Crippen LogP contribution in [0.1, 0.15) is 42.3 Å². The number of fused-ring (bicyclic) bond motifs is 2. The van der Waals surface area contributed by atoms with Crippen LogP contribution < -0.4 is 4.74 Å². The molecule has 1 saturated heterocycles. The van der Waals surface area contributed by atoms with Crippen LogP contribution in [0.25, 0.3) is 17.0 Å². The number of allylic oxidation sites excluding steroid dienone is 1. The van der Waals surface area contributed by atoms with Crippen molar-refractivity contribution in [1.82, 2.24) is 13.8 Å². The zero-order valence-corrected chi connectivity index (χ0v) is 27.6. The molecule has 13 heteroatoms. The van der Waals surface area contributed by atoms with E-state index in [0.29, 0.717) is 53.2 Å². The summed E-state index contributed by atoms with van der Waals surface area (Å²) in [6.07, 6.45) is 2.55. The summed E-state index contributed by atoms with van der Waals surface area (Å²) < 4.78 is 40.1. The molecule has 1 fully saturated rings. The number of ether oxygens (including phenoxy) is 2. The molecule has 0 unspecified atom stereocenters. The van der Waals surface area contributed by atoms with Crippen LogP contribution in [0.2, 0.25) is 10.0 Å². The van der Waals surface area contributed by atoms with Gasteiger partial charge in [-0.25, -0.2) is 17.2 Å². The first kappa shape index (κ1) is 31.9. The van der Waals surface area contributed by atoms with E-state index < -0.39 is 21.4 Å². The molecular formula is C33H31Cl2N3O7S. The number of hydrogen-bond acceptors (Lipinski definition) is 8. The maximum absolute atomic E-state index is 13.7. The van der Waals surface area contributed by atoms with Gasteiger partial charge in [0.2, 0.25) is 5.78 Å². The Kier molecular flexibility index (Phi) is 8.30. The first-order valence-electron chi connectivity index (χ1n) is 14.5. The SMILES string of the molecule is CC(C)(C)OC(=O)N1CCN(Cc2c(O)ccc3c2OC(=Cc2cn(S(=O)(=O)c4ccc(Cl)cc4Cl)c4ccccc24)C3=O)CC1. The highest BCUT2D eigenvalue weighted by atomic mass is 35.5. The normalized spacial score (nSPS) is 16.6. The largest absolute Gasteiger partial charge is 0.507 e. The number of para-hydroxylation sites is 1. The van der Waals surface area contributed by atoms with Gasteiger partial charge in [-0.15, -0.1) is 0 Å². The molecule has 3 heterocycles. The average Bonchev–Trinajstić information content (AvgIpc) is 3.52. The number of nitrogens with zero attached hydrogens (tertiary/aromatic N) is 3. The molecule has 0 aliphatic carbocycles. The van der Waals surface area contributed by atoms with Gasteiger partial charge in [-0.2, -0.15) is 0 Å². The zero-order chi connectivity index (χ0) is 33.0. The number of aromatic nitrogens is 1. The molecule has 6 rings (SSSR count). The summed E-state index contributed by atoms with van der Waals surface area (Å²) in [5, 5.41) is 11.7. The third-order valence-electron chi connectivity index (χ3n) is 7.75. The Morgan fingerprint density at radius 2 is 1.76 bits per heavy atom. The van der Waals surface area contributed by atoms with Crippen molar-refractivity contribution in [2.75, 3.05) is 26.2 Å². The van der Waals surface area contributed by atoms with E-state index in [0.717, 1.165) is 3.97 Å². The summed E-state index contributed by atoms with van der Waals surface area (Å²) in [7, 11) is -4.14. The Bertz CT molecular complexity index is 2020. The maximum Gasteiger partial charge on any atom is 0.410 e. The molecule has 2 aliphatic heterocycles. The lowest BCUT2D eigenvalue weighted by atomic mass is 10.0. The van der Waals surface area contributed by atoms with E-state index in [2.05, 4.69) is 4.90 Å². The van der Waals surface area contributed by atoms with Gasteiger partial charge in [0.1, 0.15) is 22.0 Å². The fourth-order valence-corrected chi connectivity index (χ4v) is 7.64. The second kappa shape index (κ2) is 12.0. The van der Waals surface area contributed by atoms with Gasteiger partial charge in [0, 0.05) is 54.9 Å². The van der Waals surface area contributed by atoms with Crippen molar-refractivity contribution in [2.45, 2.75) is 37.8 Å². The predicted octanol–water partition coefficient (Wildman–Crippen LogP) is 6.56. The summed E-state index contributed by atoms with van der Waals surface area (Å²) in [5.74, 6) is -0.187. The average molecular weight is 685 g/mol. The third kappa shape index (κ3) is 6.07. The highest BCUT2D eigenvalue weighted by Gasteiger charge is 2.34. The molecule has 10 nitrogen and oxygen atoms in total. The lowest BCUT2D eigenvalue weighted by molar-refractivity contribution is 0.0137. The molecule has 1 aromatic heterocycles. The van der Waals surface area contributed by atoms with E-state index in [1.165, 1.54) is 42.6 Å². The standard InChI is InChI=1S/C33H31Cl2N3O7S/c1-33(2,3)45-32(41)37-14-12-36(13-15-37)19-24-27(39)10-9-23-30(40)28(44-31(23)24)16-20-18-38(26-7-5-4-6-22(20)26)46(42,43)29-11-8-21(34)17-25(29)35/h4-11,16-18,39H,12-15,19H2,1-3H3. The van der Waals surface area contributed by atoms with Crippen LogP contribution in [0.15, 0.2) is 71.4 Å². The molecular weight excluding hydrogens is 653 g/mol. The van der Waals surface area contributed by atoms with Gasteiger partial charge >= 0.3 is 6.09 Å². The number of phenolic OH excluding ortho intramolecular Hbond substituents is 1. The molecule has 46 heavy (non-hydrogen) atoms. The number of ketones is 1. The Hall–Kier alpha value is -4.03. The summed E-state index contributed by atoms with van der Waals surface area (Å²) >= 11 is 12.3. The number of aromatic hydroxyl groups is 1. The number of benzene rings is 3. The molecule has 0 radical (unpaired) electrons. The Morgan fingerprint density at radius 1 is 1.04 bits per heavy atom. The van der Waals surface area contributed by atoms with E-state index in [9.17, 15) is 23.1 Å². The van der Waals surface area contributed by atoms with Crippen LogP contribution in [0.3, 0.4) is 0 Å². The smallest absolute Gasteiger partial charge is 0.410 e. The van der Waals surface area contributed by atoms with Crippen LogP contribution in [0.4, 0.5) is 4.79 Å². The molecule has 1 amide bonds. The summed E-state index contributed by atoms with van der Waals surface area (Å²) in [5.41, 5.74) is 0.961. The lowest BCUT2D eigenvalue weighted by Gasteiger charge is -2.35. The molecule has 4 aromatic rings. The van der Waals surface area contributed by atoms with Crippen LogP contribution >= 0.6 is 23.2 Å². The number of carbonyl (C=O) groups is 2. The van der Waals surface area contributed by atoms with Crippen LogP contribution in [-0.2, 0) is 21.3 Å². The van der Waals surface area contributed by atoms with Gasteiger partial charge in [0.15, 0.2) is 5.76 Å². The molecule has 1 N–H and O–H groups in total. The van der Waals surface area contributed by atoms with Crippen LogP contribution in [0, 0.1) is 0 Å². The van der Waals surface area contributed by atoms with Crippen molar-refractivity contribution in [2.24, 2.45) is 0 Å². The number of amides is 1. The molecule has 240 valence electrons. The molecule has 0 bridgehead atoms. The first-order chi connectivity index (χ1) is 21.7. The van der Waals surface area contributed by atoms with Gasteiger partial charge in [-0.05, 0) is 63.2 Å². The first-order valence-corrected chi connectivity index (χ1v) is 16.7. The minimum Gasteiger partial charge on any atom is -0.507 e. The van der Waals surface area contributed by atoms with Crippen molar-refractivity contribution in [3.8, 4) is 11.5 Å². The fraction of sp³-hybridized carbons (Fsp3) is 0.273. The second-order valence-electron chi connectivity index (χ2n) is 12.1. The molecule has 2 aliphatic rings. The Balaban J connectivity index is 1.28. The van der Waals surface area contributed by atoms with E-state index in [4.69, 9.17) is 32.7 Å². The van der Waals surface area contributed by atoms with E-state index in [1.54, 1.807) is 29.2 Å². The van der Waals surface area contributed by atoms with Gasteiger partial charge in [-0.1, -0.05) is 41.4 Å². The number of phenols is 1. The van der Waals surface area contributed by atoms with Gasteiger partial charge < -0.3 is 19.5 Å². The van der Waals surface area contributed by atoms with Crippen LogP contribution in [0.5, 0.6) is 11.5 Å². The molecule has 0 spiro atoms. The second-order valence-corrected chi connectivity index (χ2v) is 14.7. The summed E-state index contributed by atoms with van der Waals surface area (Å²) in [6, 6.07) is 14.0. The quantitative estimate of drug-likeness (QED) is 0.235. The van der Waals surface area contributed by atoms with E-state index in [-0.39, 0.29) is 45.4 Å². The van der Waals surface area contributed by atoms with Crippen molar-refractivity contribution >= 4 is 62.1 Å². The fourth-order valence-electron chi connectivity index (χ4n) is 5.51. The third-order valence-corrected chi connectivity index (χ3v) is 10.1. The van der Waals surface area contributed by atoms with Gasteiger partial charge in [0.25, 0.3) is 10.0 Å². The molecule has 3 aromatic carbocycles. The highest BCUT2D eigenvalue weighted by molar-refractivity contribution is 7.90. The van der Waals surface area contributed by atoms with Gasteiger partial charge in [0.05, 0.1) is 21.7 Å². The van der Waals surface area contributed by atoms with Crippen molar-refractivity contribution in [1.29, 1.82) is 0 Å². The number of hydrogen-bond donors (Lipinski definition) is 1. The number of piperazine rings is 1. The minimum atomic E-state index is -4.14. The van der Waals surface area contributed by atoms with E-state index in [1.807, 2.05) is 20.8 Å². The molecule has 0 saturated carbocycles. The van der Waals surface area contributed by atoms with Gasteiger partial charge in [-0.3, -0.25) is 9.69 Å². The lowest BCUT2D eigenvalue weighted by Crippen LogP contribution is -2.49. The monoisotopic (exact) mass is 683 g/mol. The predicted molar refractivity (Wildman–Crippen MR) is 175 cm³/mol. The van der Waals surface area contributed by atoms with Crippen molar-refractivity contribution in [3.63, 3.8) is 0 Å². The van der Waals surface area contributed by atoms with Crippen molar-refractivity contribution in [3.05, 3.63) is 93.3 Å². The number of rotatable bonds is 5. The Labute approximate surface area is 276 Å². The number of carbonyl (C=O) groups excluding carboxylic acids is 2. The van der Waals surface area contributed by atoms with Crippen molar-refractivity contribution < 1.29 is 32.6 Å². The molecule has 0 atom stereocenters. The summed E-state index contributed by atoms with van der Waals surface area (Å²) in [6.45, 7) is 7.71. The topological polar surface area (TPSA) is 118 Å². The minimum absolute atomic E-state index is 0.0126. The zero-order valence-electron chi connectivity index (χ0n) is 25.3. The Morgan fingerprint density at radius 3 is 2.46 bits per heavy atom. The maximum atomic E-state index is 13.7. The number of halogens is 2. The highest BCUT2D eigenvalue weighted by Crippen LogP contribution is 2.41.